The van der Waals surface area contributed by atoms with Crippen molar-refractivity contribution in [2.45, 2.75) is 44.1 Å². The lowest BCUT2D eigenvalue weighted by Gasteiger charge is -2.18. The number of carbonyl (C=O) groups is 1. The predicted octanol–water partition coefficient (Wildman–Crippen LogP) is 2.56. The monoisotopic (exact) mass is 215 g/mol. The van der Waals surface area contributed by atoms with Gasteiger partial charge < -0.3 is 5.32 Å². The Labute approximate surface area is 96.1 Å². The van der Waals surface area contributed by atoms with Crippen LogP contribution < -0.4 is 5.32 Å². The van der Waals surface area contributed by atoms with Crippen molar-refractivity contribution in [1.29, 1.82) is 0 Å². The van der Waals surface area contributed by atoms with E-state index in [2.05, 4.69) is 36.5 Å². The van der Waals surface area contributed by atoms with Gasteiger partial charge in [0.2, 0.25) is 5.91 Å². The molecule has 1 aliphatic heterocycles. The highest BCUT2D eigenvalue weighted by molar-refractivity contribution is 5.80. The highest BCUT2D eigenvalue weighted by Gasteiger charge is 2.34. The first-order chi connectivity index (χ1) is 7.75. The molecule has 2 unspecified atom stereocenters. The van der Waals surface area contributed by atoms with Gasteiger partial charge in [0.15, 0.2) is 0 Å². The van der Waals surface area contributed by atoms with Crippen LogP contribution >= 0.6 is 0 Å². The molecule has 0 radical (unpaired) electrons. The van der Waals surface area contributed by atoms with E-state index in [0.717, 1.165) is 5.92 Å². The molecule has 2 fully saturated rings. The summed E-state index contributed by atoms with van der Waals surface area (Å²) in [6.45, 7) is 2.11. The molecule has 0 aromatic heterocycles. The van der Waals surface area contributed by atoms with Crippen molar-refractivity contribution in [3.63, 3.8) is 0 Å². The Morgan fingerprint density at radius 3 is 2.44 bits per heavy atom. The third-order valence-electron chi connectivity index (χ3n) is 3.81. The lowest BCUT2D eigenvalue weighted by molar-refractivity contribution is -0.119. The van der Waals surface area contributed by atoms with Crippen molar-refractivity contribution in [1.82, 2.24) is 5.32 Å². The number of nitrogens with one attached hydrogen (secondary N) is 1. The van der Waals surface area contributed by atoms with Gasteiger partial charge in [0, 0.05) is 18.4 Å². The lowest BCUT2D eigenvalue weighted by Crippen LogP contribution is -2.24. The van der Waals surface area contributed by atoms with Gasteiger partial charge in [-0.3, -0.25) is 4.79 Å². The summed E-state index contributed by atoms with van der Waals surface area (Å²) in [7, 11) is 0. The van der Waals surface area contributed by atoms with Crippen molar-refractivity contribution in [2.24, 2.45) is 0 Å². The summed E-state index contributed by atoms with van der Waals surface area (Å²) >= 11 is 0. The molecule has 1 saturated heterocycles. The Bertz CT molecular complexity index is 422. The average molecular weight is 215 g/mol. The first-order valence-corrected chi connectivity index (χ1v) is 6.14. The fourth-order valence-corrected chi connectivity index (χ4v) is 2.78. The summed E-state index contributed by atoms with van der Waals surface area (Å²) in [4.78, 5) is 11.4. The minimum absolute atomic E-state index is 0.197. The highest BCUT2D eigenvalue weighted by Crippen LogP contribution is 2.44. The van der Waals surface area contributed by atoms with Crippen molar-refractivity contribution in [3.8, 4) is 0 Å². The summed E-state index contributed by atoms with van der Waals surface area (Å²) < 4.78 is 0. The average Bonchev–Trinajstić information content (AvgIpc) is 3.05. The number of amides is 1. The molecule has 2 heteroatoms. The van der Waals surface area contributed by atoms with E-state index in [9.17, 15) is 4.79 Å². The largest absolute Gasteiger partial charge is 0.353 e. The van der Waals surface area contributed by atoms with Gasteiger partial charge in [-0.1, -0.05) is 24.3 Å². The van der Waals surface area contributed by atoms with E-state index in [1.807, 2.05) is 0 Å². The summed E-state index contributed by atoms with van der Waals surface area (Å²) in [6, 6.07) is 8.94. The van der Waals surface area contributed by atoms with Crippen LogP contribution in [-0.2, 0) is 4.79 Å². The van der Waals surface area contributed by atoms with Gasteiger partial charge in [0.05, 0.1) is 0 Å². The number of hydrogen-bond donors (Lipinski definition) is 1. The fraction of sp³-hybridized carbons (Fsp3) is 0.500. The number of rotatable bonds is 2. The number of hydrogen-bond acceptors (Lipinski definition) is 1. The molecule has 2 atom stereocenters. The SMILES string of the molecule is CC1NC(=O)CC1c1ccccc1C1CC1. The van der Waals surface area contributed by atoms with E-state index in [0.29, 0.717) is 12.3 Å². The zero-order chi connectivity index (χ0) is 11.1. The molecule has 16 heavy (non-hydrogen) atoms. The second-order valence-electron chi connectivity index (χ2n) is 5.07. The van der Waals surface area contributed by atoms with Crippen molar-refractivity contribution >= 4 is 5.91 Å². The van der Waals surface area contributed by atoms with Crippen LogP contribution in [0.5, 0.6) is 0 Å². The molecule has 1 aliphatic carbocycles. The molecule has 1 heterocycles. The molecule has 1 aromatic rings. The molecule has 0 bridgehead atoms. The van der Waals surface area contributed by atoms with Crippen LogP contribution in [0.3, 0.4) is 0 Å². The van der Waals surface area contributed by atoms with Crippen LogP contribution in [-0.4, -0.2) is 11.9 Å². The normalized spacial score (nSPS) is 29.2. The van der Waals surface area contributed by atoms with E-state index in [-0.39, 0.29) is 11.9 Å². The first kappa shape index (κ1) is 9.88. The quantitative estimate of drug-likeness (QED) is 0.807. The third-order valence-corrected chi connectivity index (χ3v) is 3.81. The summed E-state index contributed by atoms with van der Waals surface area (Å²) in [5, 5.41) is 3.01. The number of carbonyl (C=O) groups excluding carboxylic acids is 1. The fourth-order valence-electron chi connectivity index (χ4n) is 2.78. The van der Waals surface area contributed by atoms with E-state index in [1.54, 1.807) is 0 Å². The second-order valence-corrected chi connectivity index (χ2v) is 5.07. The molecule has 1 amide bonds. The molecule has 2 aliphatic rings. The van der Waals surface area contributed by atoms with Gasteiger partial charge >= 0.3 is 0 Å². The van der Waals surface area contributed by atoms with E-state index in [4.69, 9.17) is 0 Å². The molecule has 2 nitrogen and oxygen atoms in total. The maximum Gasteiger partial charge on any atom is 0.220 e. The van der Waals surface area contributed by atoms with Crippen LogP contribution in [0.1, 0.15) is 49.1 Å². The molecule has 1 N–H and O–H groups in total. The molecule has 1 aromatic carbocycles. The van der Waals surface area contributed by atoms with Gasteiger partial charge in [-0.05, 0) is 36.8 Å². The van der Waals surface area contributed by atoms with E-state index < -0.39 is 0 Å². The second kappa shape index (κ2) is 3.62. The van der Waals surface area contributed by atoms with Crippen molar-refractivity contribution in [2.75, 3.05) is 0 Å². The smallest absolute Gasteiger partial charge is 0.220 e. The Hall–Kier alpha value is -1.31. The standard InChI is InChI=1S/C14H17NO/c1-9-13(8-14(16)15-9)12-5-3-2-4-11(12)10-6-7-10/h2-5,9-10,13H,6-8H2,1H3,(H,15,16). The molecule has 3 rings (SSSR count). The van der Waals surface area contributed by atoms with E-state index in [1.165, 1.54) is 24.0 Å². The predicted molar refractivity (Wildman–Crippen MR) is 63.4 cm³/mol. The topological polar surface area (TPSA) is 29.1 Å². The van der Waals surface area contributed by atoms with Gasteiger partial charge in [0.25, 0.3) is 0 Å². The zero-order valence-electron chi connectivity index (χ0n) is 9.57. The summed E-state index contributed by atoms with van der Waals surface area (Å²) in [5.41, 5.74) is 2.88. The Morgan fingerprint density at radius 2 is 1.88 bits per heavy atom. The molecular weight excluding hydrogens is 198 g/mol. The maximum atomic E-state index is 11.4. The summed E-state index contributed by atoms with van der Waals surface area (Å²) in [5.74, 6) is 1.34. The van der Waals surface area contributed by atoms with Gasteiger partial charge in [0.1, 0.15) is 0 Å². The van der Waals surface area contributed by atoms with Gasteiger partial charge in [-0.2, -0.15) is 0 Å². The van der Waals surface area contributed by atoms with Gasteiger partial charge in [-0.25, -0.2) is 0 Å². The molecular formula is C14H17NO. The minimum atomic E-state index is 0.197. The maximum absolute atomic E-state index is 11.4. The molecule has 1 saturated carbocycles. The number of benzene rings is 1. The molecule has 0 spiro atoms. The van der Waals surface area contributed by atoms with Crippen molar-refractivity contribution < 1.29 is 4.79 Å². The molecule has 84 valence electrons. The lowest BCUT2D eigenvalue weighted by atomic mass is 9.87. The van der Waals surface area contributed by atoms with Crippen LogP contribution in [0.25, 0.3) is 0 Å². The van der Waals surface area contributed by atoms with Gasteiger partial charge in [-0.15, -0.1) is 0 Å². The third kappa shape index (κ3) is 1.62. The Kier molecular flexibility index (Phi) is 2.23. The first-order valence-electron chi connectivity index (χ1n) is 6.14. The zero-order valence-corrected chi connectivity index (χ0v) is 9.57. The van der Waals surface area contributed by atoms with Crippen LogP contribution in [0.15, 0.2) is 24.3 Å². The summed E-state index contributed by atoms with van der Waals surface area (Å²) in [6.07, 6.45) is 3.30. The highest BCUT2D eigenvalue weighted by atomic mass is 16.1. The van der Waals surface area contributed by atoms with Crippen molar-refractivity contribution in [3.05, 3.63) is 35.4 Å². The van der Waals surface area contributed by atoms with E-state index >= 15 is 0 Å². The Morgan fingerprint density at radius 1 is 1.19 bits per heavy atom. The van der Waals surface area contributed by atoms with Crippen LogP contribution in [0.4, 0.5) is 0 Å². The Balaban J connectivity index is 1.96. The minimum Gasteiger partial charge on any atom is -0.353 e. The van der Waals surface area contributed by atoms with Crippen LogP contribution in [0.2, 0.25) is 0 Å². The van der Waals surface area contributed by atoms with Crippen LogP contribution in [0, 0.1) is 0 Å².